The van der Waals surface area contributed by atoms with Crippen LogP contribution in [0.2, 0.25) is 0 Å². The molecular weight excluding hydrogens is 242 g/mol. The fourth-order valence-corrected chi connectivity index (χ4v) is 2.30. The van der Waals surface area contributed by atoms with Crippen LogP contribution in [0.3, 0.4) is 0 Å². The van der Waals surface area contributed by atoms with Crippen molar-refractivity contribution < 1.29 is 14.3 Å². The van der Waals surface area contributed by atoms with E-state index in [4.69, 9.17) is 9.47 Å². The third-order valence-electron chi connectivity index (χ3n) is 3.71. The van der Waals surface area contributed by atoms with E-state index in [0.29, 0.717) is 19.8 Å². The Kier molecular flexibility index (Phi) is 4.80. The summed E-state index contributed by atoms with van der Waals surface area (Å²) in [5, 5.41) is 3.01. The molecule has 1 saturated heterocycles. The average molecular weight is 263 g/mol. The van der Waals surface area contributed by atoms with Crippen LogP contribution in [0.4, 0.5) is 4.79 Å². The molecule has 0 bridgehead atoms. The molecule has 1 fully saturated rings. The second-order valence-corrected chi connectivity index (χ2v) is 4.93. The highest BCUT2D eigenvalue weighted by Crippen LogP contribution is 2.24. The van der Waals surface area contributed by atoms with Crippen molar-refractivity contribution in [1.82, 2.24) is 5.32 Å². The fourth-order valence-electron chi connectivity index (χ4n) is 2.30. The molecule has 1 aromatic carbocycles. The molecule has 0 unspecified atom stereocenters. The first-order chi connectivity index (χ1) is 9.24. The summed E-state index contributed by atoms with van der Waals surface area (Å²) in [6, 6.07) is 9.69. The molecule has 1 aliphatic rings. The van der Waals surface area contributed by atoms with Crippen LogP contribution in [-0.4, -0.2) is 24.8 Å². The van der Waals surface area contributed by atoms with Crippen molar-refractivity contribution in [2.75, 3.05) is 13.2 Å². The lowest BCUT2D eigenvalue weighted by molar-refractivity contribution is 0.0330. The average Bonchev–Trinajstić information content (AvgIpc) is 2.47. The molecule has 1 heterocycles. The lowest BCUT2D eigenvalue weighted by atomic mass is 9.87. The van der Waals surface area contributed by atoms with E-state index in [1.807, 2.05) is 30.3 Å². The van der Waals surface area contributed by atoms with E-state index in [1.54, 1.807) is 0 Å². The van der Waals surface area contributed by atoms with Gasteiger partial charge in [-0.25, -0.2) is 4.79 Å². The third-order valence-corrected chi connectivity index (χ3v) is 3.71. The molecule has 4 heteroatoms. The summed E-state index contributed by atoms with van der Waals surface area (Å²) in [5.74, 6) is 0. The van der Waals surface area contributed by atoms with Gasteiger partial charge >= 0.3 is 6.09 Å². The van der Waals surface area contributed by atoms with Gasteiger partial charge in [0.1, 0.15) is 6.61 Å². The number of hydrogen-bond acceptors (Lipinski definition) is 3. The molecule has 1 N–H and O–H groups in total. The van der Waals surface area contributed by atoms with Gasteiger partial charge in [-0.05, 0) is 24.8 Å². The molecule has 104 valence electrons. The molecular formula is C15H21NO3. The van der Waals surface area contributed by atoms with Gasteiger partial charge in [-0.1, -0.05) is 37.3 Å². The Balaban J connectivity index is 1.83. The smallest absolute Gasteiger partial charge is 0.407 e. The van der Waals surface area contributed by atoms with E-state index < -0.39 is 0 Å². The van der Waals surface area contributed by atoms with Gasteiger partial charge < -0.3 is 14.8 Å². The first-order valence-electron chi connectivity index (χ1n) is 6.81. The van der Waals surface area contributed by atoms with Gasteiger partial charge in [-0.3, -0.25) is 0 Å². The van der Waals surface area contributed by atoms with Gasteiger partial charge in [0.15, 0.2) is 0 Å². The van der Waals surface area contributed by atoms with Crippen molar-refractivity contribution in [3.8, 4) is 0 Å². The van der Waals surface area contributed by atoms with E-state index in [0.717, 1.165) is 24.8 Å². The molecule has 2 rings (SSSR count). The zero-order chi connectivity index (χ0) is 13.6. The fraction of sp³-hybridized carbons (Fsp3) is 0.533. The topological polar surface area (TPSA) is 47.6 Å². The summed E-state index contributed by atoms with van der Waals surface area (Å²) < 4.78 is 10.6. The number of ether oxygens (including phenoxy) is 2. The number of carbonyl (C=O) groups is 1. The van der Waals surface area contributed by atoms with Crippen LogP contribution in [0.5, 0.6) is 0 Å². The first kappa shape index (κ1) is 13.9. The lowest BCUT2D eigenvalue weighted by Crippen LogP contribution is -2.51. The van der Waals surface area contributed by atoms with Gasteiger partial charge in [0.25, 0.3) is 0 Å². The molecule has 0 saturated carbocycles. The van der Waals surface area contributed by atoms with E-state index in [9.17, 15) is 4.79 Å². The van der Waals surface area contributed by atoms with Crippen molar-refractivity contribution in [3.05, 3.63) is 35.9 Å². The second kappa shape index (κ2) is 6.57. The minimum absolute atomic E-state index is 0.161. The van der Waals surface area contributed by atoms with Gasteiger partial charge in [-0.2, -0.15) is 0 Å². The molecule has 1 aliphatic heterocycles. The van der Waals surface area contributed by atoms with E-state index in [2.05, 4.69) is 12.2 Å². The Hall–Kier alpha value is -1.55. The Labute approximate surface area is 114 Å². The molecule has 0 spiro atoms. The van der Waals surface area contributed by atoms with Crippen molar-refractivity contribution >= 4 is 6.09 Å². The van der Waals surface area contributed by atoms with E-state index in [1.165, 1.54) is 0 Å². The predicted octanol–water partition coefficient (Wildman–Crippen LogP) is 2.87. The molecule has 0 aromatic heterocycles. The minimum Gasteiger partial charge on any atom is -0.445 e. The second-order valence-electron chi connectivity index (χ2n) is 4.93. The monoisotopic (exact) mass is 263 g/mol. The number of nitrogens with one attached hydrogen (secondary N) is 1. The van der Waals surface area contributed by atoms with Crippen LogP contribution in [0.15, 0.2) is 30.3 Å². The Morgan fingerprint density at radius 2 is 2.00 bits per heavy atom. The Bertz CT molecular complexity index is 399. The van der Waals surface area contributed by atoms with Gasteiger partial charge in [0.05, 0.1) is 0 Å². The maximum absolute atomic E-state index is 11.9. The summed E-state index contributed by atoms with van der Waals surface area (Å²) >= 11 is 0. The predicted molar refractivity (Wildman–Crippen MR) is 72.8 cm³/mol. The molecule has 0 atom stereocenters. The van der Waals surface area contributed by atoms with E-state index >= 15 is 0 Å². The molecule has 1 amide bonds. The number of benzene rings is 1. The first-order valence-corrected chi connectivity index (χ1v) is 6.81. The van der Waals surface area contributed by atoms with Crippen LogP contribution < -0.4 is 5.32 Å². The third kappa shape index (κ3) is 3.96. The normalized spacial score (nSPS) is 17.7. The minimum atomic E-state index is -0.340. The molecule has 19 heavy (non-hydrogen) atoms. The molecule has 0 aliphatic carbocycles. The summed E-state index contributed by atoms with van der Waals surface area (Å²) in [4.78, 5) is 11.9. The quantitative estimate of drug-likeness (QED) is 0.908. The summed E-state index contributed by atoms with van der Waals surface area (Å²) in [5.41, 5.74) is 0.835. The molecule has 0 radical (unpaired) electrons. The maximum Gasteiger partial charge on any atom is 0.407 e. The standard InChI is InChI=1S/C15H21NO3/c1-2-15(8-10-18-11-9-15)16-14(17)19-12-13-6-4-3-5-7-13/h3-7H,2,8-12H2,1H3,(H,16,17). The Morgan fingerprint density at radius 1 is 1.32 bits per heavy atom. The zero-order valence-electron chi connectivity index (χ0n) is 11.4. The molecule has 1 aromatic rings. The SMILES string of the molecule is CCC1(NC(=O)OCc2ccccc2)CCOCC1. The highest BCUT2D eigenvalue weighted by atomic mass is 16.5. The highest BCUT2D eigenvalue weighted by Gasteiger charge is 2.32. The van der Waals surface area contributed by atoms with Crippen molar-refractivity contribution in [2.24, 2.45) is 0 Å². The van der Waals surface area contributed by atoms with Gasteiger partial charge in [0, 0.05) is 18.8 Å². The Morgan fingerprint density at radius 3 is 2.63 bits per heavy atom. The van der Waals surface area contributed by atoms with E-state index in [-0.39, 0.29) is 11.6 Å². The van der Waals surface area contributed by atoms with Crippen LogP contribution in [-0.2, 0) is 16.1 Å². The van der Waals surface area contributed by atoms with Crippen molar-refractivity contribution in [2.45, 2.75) is 38.3 Å². The maximum atomic E-state index is 11.9. The van der Waals surface area contributed by atoms with Crippen LogP contribution in [0.1, 0.15) is 31.7 Å². The number of carbonyl (C=O) groups excluding carboxylic acids is 1. The zero-order valence-corrected chi connectivity index (χ0v) is 11.4. The van der Waals surface area contributed by atoms with Crippen LogP contribution in [0, 0.1) is 0 Å². The number of hydrogen-bond donors (Lipinski definition) is 1. The molecule has 4 nitrogen and oxygen atoms in total. The highest BCUT2D eigenvalue weighted by molar-refractivity contribution is 5.68. The summed E-state index contributed by atoms with van der Waals surface area (Å²) in [7, 11) is 0. The summed E-state index contributed by atoms with van der Waals surface area (Å²) in [6.07, 6.45) is 2.26. The van der Waals surface area contributed by atoms with Gasteiger partial charge in [-0.15, -0.1) is 0 Å². The van der Waals surface area contributed by atoms with Crippen LogP contribution in [0.25, 0.3) is 0 Å². The number of amides is 1. The number of rotatable bonds is 4. The largest absolute Gasteiger partial charge is 0.445 e. The van der Waals surface area contributed by atoms with Crippen molar-refractivity contribution in [1.29, 1.82) is 0 Å². The number of alkyl carbamates (subject to hydrolysis) is 1. The summed E-state index contributed by atoms with van der Waals surface area (Å²) in [6.45, 7) is 3.80. The lowest BCUT2D eigenvalue weighted by Gasteiger charge is -2.36. The van der Waals surface area contributed by atoms with Gasteiger partial charge in [0.2, 0.25) is 0 Å². The van der Waals surface area contributed by atoms with Crippen LogP contribution >= 0.6 is 0 Å². The van der Waals surface area contributed by atoms with Crippen molar-refractivity contribution in [3.63, 3.8) is 0 Å².